The molecule has 0 unspecified atom stereocenters. The minimum atomic E-state index is 0.606. The largest absolute Gasteiger partial charge is 0.318 e. The highest BCUT2D eigenvalue weighted by molar-refractivity contribution is 6.12. The zero-order valence-corrected chi connectivity index (χ0v) is 25.8. The number of para-hydroxylation sites is 4. The molecule has 0 bridgehead atoms. The summed E-state index contributed by atoms with van der Waals surface area (Å²) in [6, 6.07) is 56.6. The summed E-state index contributed by atoms with van der Waals surface area (Å²) in [5, 5.41) is 14.3. The van der Waals surface area contributed by atoms with Crippen molar-refractivity contribution in [2.75, 3.05) is 0 Å². The van der Waals surface area contributed by atoms with Gasteiger partial charge in [-0.15, -0.1) is 0 Å². The first kappa shape index (κ1) is 27.4. The molecule has 48 heavy (non-hydrogen) atoms. The van der Waals surface area contributed by atoms with E-state index in [0.29, 0.717) is 11.3 Å². The number of fused-ring (bicyclic) bond motifs is 6. The summed E-state index contributed by atoms with van der Waals surface area (Å²) in [5.74, 6) is 0. The fourth-order valence-electron chi connectivity index (χ4n) is 7.33. The topological polar surface area (TPSA) is 38.0 Å². The van der Waals surface area contributed by atoms with Crippen molar-refractivity contribution in [3.05, 3.63) is 175 Å². The molecule has 4 heteroatoms. The maximum Gasteiger partial charge on any atom is 0.211 e. The highest BCUT2D eigenvalue weighted by Gasteiger charge is 2.19. The molecule has 2 aromatic heterocycles. The van der Waals surface area contributed by atoms with Crippen molar-refractivity contribution in [2.24, 2.45) is 0 Å². The van der Waals surface area contributed by atoms with Crippen LogP contribution in [0.2, 0.25) is 0 Å². The average molecular weight is 611 g/mol. The van der Waals surface area contributed by atoms with Gasteiger partial charge >= 0.3 is 0 Å². The second-order valence-electron chi connectivity index (χ2n) is 12.0. The first-order valence-electron chi connectivity index (χ1n) is 15.9. The van der Waals surface area contributed by atoms with Crippen LogP contribution in [-0.4, -0.2) is 9.13 Å². The van der Waals surface area contributed by atoms with Gasteiger partial charge in [0, 0.05) is 27.2 Å². The van der Waals surface area contributed by atoms with Crippen molar-refractivity contribution < 1.29 is 0 Å². The van der Waals surface area contributed by atoms with Gasteiger partial charge in [-0.1, -0.05) is 109 Å². The van der Waals surface area contributed by atoms with Crippen LogP contribution in [0.1, 0.15) is 5.56 Å². The molecule has 0 saturated carbocycles. The predicted octanol–water partition coefficient (Wildman–Crippen LogP) is 11.6. The van der Waals surface area contributed by atoms with Crippen molar-refractivity contribution in [3.63, 3.8) is 0 Å². The number of nitrogens with zero attached hydrogens (tertiary/aromatic N) is 4. The molecule has 9 rings (SSSR count). The van der Waals surface area contributed by atoms with E-state index in [1.54, 1.807) is 0 Å². The Morgan fingerprint density at radius 3 is 1.77 bits per heavy atom. The number of nitriles is 1. The Bertz CT molecular complexity index is 2760. The summed E-state index contributed by atoms with van der Waals surface area (Å²) in [6.07, 6.45) is 0. The lowest BCUT2D eigenvalue weighted by molar-refractivity contribution is 1.18. The molecule has 0 saturated heterocycles. The van der Waals surface area contributed by atoms with Crippen LogP contribution in [-0.2, 0) is 0 Å². The zero-order valence-electron chi connectivity index (χ0n) is 25.8. The number of rotatable bonds is 4. The molecule has 0 amide bonds. The summed E-state index contributed by atoms with van der Waals surface area (Å²) >= 11 is 0. The van der Waals surface area contributed by atoms with E-state index in [4.69, 9.17) is 6.57 Å². The Balaban J connectivity index is 1.23. The summed E-state index contributed by atoms with van der Waals surface area (Å²) in [4.78, 5) is 4.02. The fraction of sp³-hybridized carbons (Fsp3) is 0. The molecule has 9 aromatic rings. The molecule has 0 fully saturated rings. The van der Waals surface area contributed by atoms with Gasteiger partial charge in [0.25, 0.3) is 0 Å². The molecular weight excluding hydrogens is 585 g/mol. The molecule has 2 heterocycles. The number of hydrogen-bond acceptors (Lipinski definition) is 1. The van der Waals surface area contributed by atoms with Gasteiger partial charge in [0.05, 0.1) is 46.0 Å². The second kappa shape index (κ2) is 10.9. The quantitative estimate of drug-likeness (QED) is 0.183. The molecule has 0 aliphatic carbocycles. The number of benzene rings is 7. The molecule has 0 spiro atoms. The van der Waals surface area contributed by atoms with Crippen molar-refractivity contribution >= 4 is 49.3 Å². The first-order chi connectivity index (χ1) is 23.7. The third-order valence-electron chi connectivity index (χ3n) is 9.37. The van der Waals surface area contributed by atoms with Crippen LogP contribution >= 0.6 is 0 Å². The van der Waals surface area contributed by atoms with E-state index >= 15 is 0 Å². The smallest absolute Gasteiger partial charge is 0.211 e. The minimum Gasteiger partial charge on any atom is -0.318 e. The van der Waals surface area contributed by atoms with E-state index in [1.807, 2.05) is 36.4 Å². The molecule has 0 radical (unpaired) electrons. The highest BCUT2D eigenvalue weighted by Crippen LogP contribution is 2.42. The Morgan fingerprint density at radius 2 is 1.06 bits per heavy atom. The first-order valence-corrected chi connectivity index (χ1v) is 15.9. The van der Waals surface area contributed by atoms with E-state index in [1.165, 1.54) is 0 Å². The van der Waals surface area contributed by atoms with Gasteiger partial charge in [-0.2, -0.15) is 5.26 Å². The minimum absolute atomic E-state index is 0.606. The third kappa shape index (κ3) is 4.07. The van der Waals surface area contributed by atoms with Gasteiger partial charge in [-0.25, -0.2) is 4.85 Å². The molecule has 0 N–H and O–H groups in total. The van der Waals surface area contributed by atoms with Crippen LogP contribution in [0.5, 0.6) is 0 Å². The summed E-state index contributed by atoms with van der Waals surface area (Å²) in [6.45, 7) is 8.16. The van der Waals surface area contributed by atoms with E-state index in [2.05, 4.69) is 141 Å². The standard InChI is InChI=1S/C44H26N4/c1-46-38-21-11-20-34(44(38)48-39-22-5-2-17-35(39)36-18-3-6-23-40(36)48)31-14-8-12-29(26-31)30-13-9-16-33(27-30)47-41-24-7-4-19-37(41)43-32(28-45)15-10-25-42(43)47/h2-27H. The Labute approximate surface area is 277 Å². The van der Waals surface area contributed by atoms with Gasteiger partial charge in [0.2, 0.25) is 5.69 Å². The lowest BCUT2D eigenvalue weighted by Gasteiger charge is -2.17. The van der Waals surface area contributed by atoms with Crippen LogP contribution < -0.4 is 0 Å². The van der Waals surface area contributed by atoms with Crippen molar-refractivity contribution in [1.29, 1.82) is 5.26 Å². The Hall–Kier alpha value is -6.88. The van der Waals surface area contributed by atoms with Crippen LogP contribution in [0.3, 0.4) is 0 Å². The summed E-state index contributed by atoms with van der Waals surface area (Å²) in [5.41, 5.74) is 11.6. The van der Waals surface area contributed by atoms with Gasteiger partial charge in [-0.3, -0.25) is 0 Å². The van der Waals surface area contributed by atoms with E-state index in [-0.39, 0.29) is 0 Å². The second-order valence-corrected chi connectivity index (χ2v) is 12.0. The molecular formula is C44H26N4. The van der Waals surface area contributed by atoms with Crippen LogP contribution in [0.4, 0.5) is 5.69 Å². The lowest BCUT2D eigenvalue weighted by atomic mass is 9.97. The number of hydrogen-bond donors (Lipinski definition) is 0. The molecule has 7 aromatic carbocycles. The SMILES string of the molecule is [C-]#[N+]c1cccc(-c2cccc(-c3cccc(-n4c5ccccc5c5c(C#N)cccc54)c3)c2)c1-n1c2ccccc2c2ccccc21. The van der Waals surface area contributed by atoms with E-state index in [9.17, 15) is 5.26 Å². The van der Waals surface area contributed by atoms with Crippen LogP contribution in [0, 0.1) is 17.9 Å². The molecule has 0 aliphatic rings. The molecule has 4 nitrogen and oxygen atoms in total. The lowest BCUT2D eigenvalue weighted by Crippen LogP contribution is -1.98. The van der Waals surface area contributed by atoms with Gasteiger partial charge in [0.1, 0.15) is 0 Å². The molecule has 0 aliphatic heterocycles. The van der Waals surface area contributed by atoms with Crippen LogP contribution in [0.25, 0.3) is 82.1 Å². The zero-order chi connectivity index (χ0) is 32.2. The average Bonchev–Trinajstić information content (AvgIpc) is 3.68. The number of aromatic nitrogens is 2. The van der Waals surface area contributed by atoms with Crippen molar-refractivity contribution in [1.82, 2.24) is 9.13 Å². The van der Waals surface area contributed by atoms with E-state index < -0.39 is 0 Å². The fourth-order valence-corrected chi connectivity index (χ4v) is 7.33. The van der Waals surface area contributed by atoms with E-state index in [0.717, 1.165) is 77.2 Å². The third-order valence-corrected chi connectivity index (χ3v) is 9.37. The Morgan fingerprint density at radius 1 is 0.500 bits per heavy atom. The highest BCUT2D eigenvalue weighted by atomic mass is 15.0. The van der Waals surface area contributed by atoms with Crippen molar-refractivity contribution in [2.45, 2.75) is 0 Å². The maximum atomic E-state index is 9.93. The van der Waals surface area contributed by atoms with Crippen LogP contribution in [0.15, 0.2) is 158 Å². The molecule has 0 atom stereocenters. The molecule has 222 valence electrons. The summed E-state index contributed by atoms with van der Waals surface area (Å²) < 4.78 is 4.50. The normalized spacial score (nSPS) is 11.3. The maximum absolute atomic E-state index is 9.93. The van der Waals surface area contributed by atoms with Gasteiger partial charge in [-0.05, 0) is 70.8 Å². The Kier molecular flexibility index (Phi) is 6.22. The van der Waals surface area contributed by atoms with Crippen molar-refractivity contribution in [3.8, 4) is 39.7 Å². The van der Waals surface area contributed by atoms with Gasteiger partial charge < -0.3 is 9.13 Å². The predicted molar refractivity (Wildman–Crippen MR) is 197 cm³/mol. The monoisotopic (exact) mass is 610 g/mol. The van der Waals surface area contributed by atoms with Gasteiger partial charge in [0.15, 0.2) is 0 Å². The summed E-state index contributed by atoms with van der Waals surface area (Å²) in [7, 11) is 0.